The average molecular weight is 555 g/mol. The van der Waals surface area contributed by atoms with Gasteiger partial charge in [-0.2, -0.15) is 10.2 Å². The predicted octanol–water partition coefficient (Wildman–Crippen LogP) is 4.51. The first-order valence-electron chi connectivity index (χ1n) is 14.3. The fourth-order valence-corrected chi connectivity index (χ4v) is 4.92. The molecule has 0 saturated carbocycles. The summed E-state index contributed by atoms with van der Waals surface area (Å²) in [4.78, 5) is 29.7. The van der Waals surface area contributed by atoms with Gasteiger partial charge in [-0.15, -0.1) is 0 Å². The first kappa shape index (κ1) is 31.5. The number of nitrogens with zero attached hydrogens (tertiary/aromatic N) is 4. The molecule has 1 aromatic rings. The van der Waals surface area contributed by atoms with E-state index in [0.29, 0.717) is 25.9 Å². The van der Waals surface area contributed by atoms with Crippen molar-refractivity contribution in [2.45, 2.75) is 77.6 Å². The highest BCUT2D eigenvalue weighted by atomic mass is 16.6. The largest absolute Gasteiger partial charge is 0.457 e. The number of esters is 1. The van der Waals surface area contributed by atoms with Crippen molar-refractivity contribution in [3.63, 3.8) is 0 Å². The Kier molecular flexibility index (Phi) is 11.5. The topological polar surface area (TPSA) is 105 Å². The van der Waals surface area contributed by atoms with E-state index in [0.717, 1.165) is 24.4 Å². The van der Waals surface area contributed by atoms with E-state index in [9.17, 15) is 14.7 Å². The molecule has 1 unspecified atom stereocenters. The number of ether oxygens (including phenoxy) is 2. The van der Waals surface area contributed by atoms with E-state index < -0.39 is 23.9 Å². The number of aromatic nitrogens is 2. The van der Waals surface area contributed by atoms with Gasteiger partial charge in [0.05, 0.1) is 5.69 Å². The van der Waals surface area contributed by atoms with Crippen LogP contribution in [0.2, 0.25) is 0 Å². The van der Waals surface area contributed by atoms with Crippen LogP contribution in [0.4, 0.5) is 4.79 Å². The molecule has 1 saturated heterocycles. The Morgan fingerprint density at radius 1 is 1.25 bits per heavy atom. The first-order valence-corrected chi connectivity index (χ1v) is 14.3. The molecule has 3 rings (SSSR count). The maximum absolute atomic E-state index is 13.0. The molecule has 220 valence electrons. The molecule has 9 nitrogen and oxygen atoms in total. The van der Waals surface area contributed by atoms with Crippen molar-refractivity contribution >= 4 is 12.1 Å². The third kappa shape index (κ3) is 9.27. The molecule has 2 aliphatic heterocycles. The Bertz CT molecular complexity index is 1060. The number of allylic oxidation sites excluding steroid dienone is 3. The van der Waals surface area contributed by atoms with Crippen LogP contribution in [0.25, 0.3) is 0 Å². The Labute approximate surface area is 238 Å². The lowest BCUT2D eigenvalue weighted by molar-refractivity contribution is -0.150. The van der Waals surface area contributed by atoms with Crippen LogP contribution < -0.4 is 0 Å². The number of hydrogen-bond donors (Lipinski definition) is 1. The van der Waals surface area contributed by atoms with Crippen LogP contribution in [0, 0.1) is 11.8 Å². The number of rotatable bonds is 5. The van der Waals surface area contributed by atoms with Gasteiger partial charge >= 0.3 is 12.1 Å². The van der Waals surface area contributed by atoms with E-state index in [4.69, 9.17) is 9.47 Å². The third-order valence-corrected chi connectivity index (χ3v) is 7.85. The smallest absolute Gasteiger partial charge is 0.410 e. The number of aliphatic hydroxyl groups is 1. The summed E-state index contributed by atoms with van der Waals surface area (Å²) in [5.41, 5.74) is 0.474. The molecule has 1 N–H and O–H groups in total. The lowest BCUT2D eigenvalue weighted by Gasteiger charge is -2.36. The van der Waals surface area contributed by atoms with Gasteiger partial charge in [-0.25, -0.2) is 4.79 Å². The normalized spacial score (nSPS) is 31.1. The van der Waals surface area contributed by atoms with Crippen molar-refractivity contribution in [3.05, 3.63) is 60.0 Å². The molecular formula is C31H46N4O5. The molecule has 0 bridgehead atoms. The molecule has 6 atom stereocenters. The molecule has 0 aliphatic carbocycles. The zero-order valence-electron chi connectivity index (χ0n) is 24.8. The minimum Gasteiger partial charge on any atom is -0.457 e. The monoisotopic (exact) mass is 554 g/mol. The Morgan fingerprint density at radius 2 is 1.98 bits per heavy atom. The second-order valence-electron chi connectivity index (χ2n) is 11.7. The van der Waals surface area contributed by atoms with Gasteiger partial charge in [-0.05, 0) is 63.4 Å². The zero-order chi connectivity index (χ0) is 29.3. The molecule has 1 fully saturated rings. The van der Waals surface area contributed by atoms with Gasteiger partial charge in [-0.1, -0.05) is 45.1 Å². The molecule has 0 radical (unpaired) electrons. The SMILES string of the molecule is C/C(=C\C=C\C(C)c1cccnn1)[C@H]1OC(=O)C[C@H](C)CC[C@@](C)(O)[C@@H](OC(=O)N2CCN(C)CC2)/C=C/[C@@H]1C. The molecule has 0 aromatic carbocycles. The van der Waals surface area contributed by atoms with Crippen LogP contribution in [-0.4, -0.2) is 88.2 Å². The van der Waals surface area contributed by atoms with Crippen molar-refractivity contribution in [1.29, 1.82) is 0 Å². The Morgan fingerprint density at radius 3 is 2.65 bits per heavy atom. The summed E-state index contributed by atoms with van der Waals surface area (Å²) in [5, 5.41) is 19.5. The highest BCUT2D eigenvalue weighted by Gasteiger charge is 2.36. The van der Waals surface area contributed by atoms with E-state index in [1.165, 1.54) is 0 Å². The maximum atomic E-state index is 13.0. The van der Waals surface area contributed by atoms with Crippen LogP contribution in [0.15, 0.2) is 54.3 Å². The lowest BCUT2D eigenvalue weighted by Crippen LogP contribution is -2.50. The second kappa shape index (κ2) is 14.6. The van der Waals surface area contributed by atoms with E-state index >= 15 is 0 Å². The number of likely N-dealkylation sites (N-methyl/N-ethyl adjacent to an activating group) is 1. The number of carbonyl (C=O) groups is 2. The maximum Gasteiger partial charge on any atom is 0.410 e. The average Bonchev–Trinajstić information content (AvgIpc) is 2.92. The van der Waals surface area contributed by atoms with E-state index in [2.05, 4.69) is 15.1 Å². The summed E-state index contributed by atoms with van der Waals surface area (Å²) in [6, 6.07) is 3.79. The van der Waals surface area contributed by atoms with Gasteiger partial charge in [0.15, 0.2) is 6.10 Å². The molecule has 3 heterocycles. The molecule has 0 spiro atoms. The van der Waals surface area contributed by atoms with Crippen molar-refractivity contribution in [3.8, 4) is 0 Å². The second-order valence-corrected chi connectivity index (χ2v) is 11.7. The molecule has 9 heteroatoms. The summed E-state index contributed by atoms with van der Waals surface area (Å²) < 4.78 is 11.9. The van der Waals surface area contributed by atoms with Crippen LogP contribution >= 0.6 is 0 Å². The minimum absolute atomic E-state index is 0.00401. The van der Waals surface area contributed by atoms with Crippen LogP contribution in [-0.2, 0) is 14.3 Å². The number of hydrogen-bond acceptors (Lipinski definition) is 8. The Balaban J connectivity index is 1.81. The van der Waals surface area contributed by atoms with Gasteiger partial charge in [0.1, 0.15) is 11.7 Å². The zero-order valence-corrected chi connectivity index (χ0v) is 24.8. The summed E-state index contributed by atoms with van der Waals surface area (Å²) in [6.45, 7) is 12.4. The first-order chi connectivity index (χ1) is 19.0. The summed E-state index contributed by atoms with van der Waals surface area (Å²) in [6.07, 6.45) is 10.7. The quantitative estimate of drug-likeness (QED) is 0.322. The van der Waals surface area contributed by atoms with Crippen LogP contribution in [0.3, 0.4) is 0 Å². The standard InChI is InChI=1S/C31H46N4O5/c1-22-14-15-31(5,38)27(39-30(37)35-19-17-34(6)18-20-35)13-12-25(4)29(40-28(36)21-22)24(3)10-7-9-23(2)26-11-8-16-32-33-26/h7-13,16,22-23,25,27,29,38H,14-15,17-21H2,1-6H3/b9-7+,13-12+,24-10+/t22-,23?,25+,27+,29-,31-/m1/s1. The fraction of sp³-hybridized carbons (Fsp3) is 0.613. The van der Waals surface area contributed by atoms with E-state index in [-0.39, 0.29) is 30.1 Å². The molecule has 1 amide bonds. The minimum atomic E-state index is -1.28. The van der Waals surface area contributed by atoms with E-state index in [1.54, 1.807) is 24.1 Å². The van der Waals surface area contributed by atoms with Crippen molar-refractivity contribution in [1.82, 2.24) is 20.0 Å². The summed E-state index contributed by atoms with van der Waals surface area (Å²) in [7, 11) is 2.03. The molecular weight excluding hydrogens is 508 g/mol. The lowest BCUT2D eigenvalue weighted by atomic mass is 9.87. The van der Waals surface area contributed by atoms with Crippen molar-refractivity contribution in [2.24, 2.45) is 11.8 Å². The molecule has 2 aliphatic rings. The predicted molar refractivity (Wildman–Crippen MR) is 155 cm³/mol. The molecule has 40 heavy (non-hydrogen) atoms. The highest BCUT2D eigenvalue weighted by molar-refractivity contribution is 5.70. The number of piperazine rings is 1. The highest BCUT2D eigenvalue weighted by Crippen LogP contribution is 2.29. The van der Waals surface area contributed by atoms with Crippen LogP contribution in [0.5, 0.6) is 0 Å². The number of amides is 1. The van der Waals surface area contributed by atoms with Gasteiger partial charge in [0, 0.05) is 50.6 Å². The van der Waals surface area contributed by atoms with Crippen LogP contribution in [0.1, 0.15) is 65.5 Å². The number of carbonyl (C=O) groups excluding carboxylic acids is 2. The van der Waals surface area contributed by atoms with Gasteiger partial charge < -0.3 is 24.4 Å². The summed E-state index contributed by atoms with van der Waals surface area (Å²) in [5.74, 6) is -0.404. The van der Waals surface area contributed by atoms with E-state index in [1.807, 2.05) is 71.2 Å². The van der Waals surface area contributed by atoms with Gasteiger partial charge in [0.2, 0.25) is 0 Å². The fourth-order valence-electron chi connectivity index (χ4n) is 4.92. The van der Waals surface area contributed by atoms with Crippen molar-refractivity contribution in [2.75, 3.05) is 33.2 Å². The summed E-state index contributed by atoms with van der Waals surface area (Å²) >= 11 is 0. The third-order valence-electron chi connectivity index (χ3n) is 7.85. The Hall–Kier alpha value is -3.04. The van der Waals surface area contributed by atoms with Gasteiger partial charge in [-0.3, -0.25) is 4.79 Å². The molecule has 1 aromatic heterocycles. The van der Waals surface area contributed by atoms with Crippen molar-refractivity contribution < 1.29 is 24.2 Å². The number of cyclic esters (lactones) is 1. The van der Waals surface area contributed by atoms with Gasteiger partial charge in [0.25, 0.3) is 0 Å².